The van der Waals surface area contributed by atoms with Gasteiger partial charge in [0.15, 0.2) is 11.5 Å². The van der Waals surface area contributed by atoms with E-state index in [1.165, 1.54) is 19.1 Å². The summed E-state index contributed by atoms with van der Waals surface area (Å²) in [6.45, 7) is 2.65. The summed E-state index contributed by atoms with van der Waals surface area (Å²) in [7, 11) is 3.06. The highest BCUT2D eigenvalue weighted by Crippen LogP contribution is 2.42. The van der Waals surface area contributed by atoms with Crippen molar-refractivity contribution in [1.82, 2.24) is 4.90 Å². The number of aliphatic hydroxyl groups excluding tert-OH is 1. The molecular formula is C29H29NO6. The number of ether oxygens (including phenoxy) is 3. The van der Waals surface area contributed by atoms with E-state index in [-0.39, 0.29) is 11.3 Å². The third-order valence-corrected chi connectivity index (χ3v) is 6.09. The quantitative estimate of drug-likeness (QED) is 0.256. The maximum atomic E-state index is 13.1. The van der Waals surface area contributed by atoms with E-state index >= 15 is 0 Å². The van der Waals surface area contributed by atoms with E-state index < -0.39 is 17.7 Å². The lowest BCUT2D eigenvalue weighted by Crippen LogP contribution is -2.30. The van der Waals surface area contributed by atoms with Crippen molar-refractivity contribution in [1.29, 1.82) is 0 Å². The molecule has 1 unspecified atom stereocenters. The number of Topliss-reactive ketones (excluding diaryl/α,β-unsaturated/α-hetero) is 1. The normalized spacial score (nSPS) is 16.8. The summed E-state index contributed by atoms with van der Waals surface area (Å²) < 4.78 is 16.8. The molecule has 0 aliphatic carbocycles. The average molecular weight is 488 g/mol. The monoisotopic (exact) mass is 487 g/mol. The minimum atomic E-state index is -0.770. The summed E-state index contributed by atoms with van der Waals surface area (Å²) in [5, 5.41) is 11.2. The molecule has 1 heterocycles. The fourth-order valence-electron chi connectivity index (χ4n) is 4.33. The first kappa shape index (κ1) is 24.9. The highest BCUT2D eigenvalue weighted by molar-refractivity contribution is 6.46. The van der Waals surface area contributed by atoms with Gasteiger partial charge < -0.3 is 24.2 Å². The molecule has 3 aromatic rings. The van der Waals surface area contributed by atoms with Crippen LogP contribution in [-0.2, 0) is 16.2 Å². The Kier molecular flexibility index (Phi) is 7.59. The van der Waals surface area contributed by atoms with Crippen LogP contribution in [0.1, 0.15) is 36.1 Å². The van der Waals surface area contributed by atoms with Crippen LogP contribution in [0.5, 0.6) is 17.2 Å². The van der Waals surface area contributed by atoms with Gasteiger partial charge in [-0.15, -0.1) is 0 Å². The SMILES string of the molecule is CCCN1C(=O)C(=O)/C(=C(\O)c2cccc(OC)c2)C1c1ccc(OCc2ccccc2)c(OC)c1. The van der Waals surface area contributed by atoms with Crippen molar-refractivity contribution in [2.75, 3.05) is 20.8 Å². The Labute approximate surface area is 210 Å². The van der Waals surface area contributed by atoms with Crippen molar-refractivity contribution >= 4 is 17.4 Å². The number of carbonyl (C=O) groups is 2. The molecule has 0 spiro atoms. The first-order valence-corrected chi connectivity index (χ1v) is 11.8. The Bertz CT molecular complexity index is 1280. The molecule has 1 atom stereocenters. The number of benzene rings is 3. The molecule has 1 N–H and O–H groups in total. The van der Waals surface area contributed by atoms with Crippen LogP contribution in [-0.4, -0.2) is 42.5 Å². The Morgan fingerprint density at radius 3 is 2.39 bits per heavy atom. The Morgan fingerprint density at radius 1 is 0.917 bits per heavy atom. The maximum Gasteiger partial charge on any atom is 0.295 e. The molecule has 0 radical (unpaired) electrons. The van der Waals surface area contributed by atoms with Crippen molar-refractivity contribution < 1.29 is 28.9 Å². The first-order chi connectivity index (χ1) is 17.5. The maximum absolute atomic E-state index is 13.1. The molecule has 1 amide bonds. The number of nitrogens with zero attached hydrogens (tertiary/aromatic N) is 1. The van der Waals surface area contributed by atoms with Crippen LogP contribution in [0.2, 0.25) is 0 Å². The van der Waals surface area contributed by atoms with E-state index in [0.717, 1.165) is 5.56 Å². The van der Waals surface area contributed by atoms with Gasteiger partial charge in [-0.3, -0.25) is 9.59 Å². The Balaban J connectivity index is 1.76. The topological polar surface area (TPSA) is 85.3 Å². The van der Waals surface area contributed by atoms with E-state index in [4.69, 9.17) is 14.2 Å². The van der Waals surface area contributed by atoms with Crippen LogP contribution in [0.3, 0.4) is 0 Å². The molecule has 3 aromatic carbocycles. The molecular weight excluding hydrogens is 458 g/mol. The number of rotatable bonds is 9. The van der Waals surface area contributed by atoms with Crippen LogP contribution >= 0.6 is 0 Å². The van der Waals surface area contributed by atoms with Gasteiger partial charge >= 0.3 is 0 Å². The van der Waals surface area contributed by atoms with Gasteiger partial charge in [-0.1, -0.05) is 55.5 Å². The molecule has 36 heavy (non-hydrogen) atoms. The van der Waals surface area contributed by atoms with Gasteiger partial charge in [0.1, 0.15) is 18.1 Å². The van der Waals surface area contributed by atoms with Crippen molar-refractivity contribution in [3.63, 3.8) is 0 Å². The summed E-state index contributed by atoms with van der Waals surface area (Å²) in [6, 6.07) is 21.0. The second kappa shape index (κ2) is 11.0. The number of hydrogen-bond donors (Lipinski definition) is 1. The minimum absolute atomic E-state index is 0.0294. The number of likely N-dealkylation sites (tertiary alicyclic amines) is 1. The molecule has 1 aliphatic heterocycles. The van der Waals surface area contributed by atoms with Crippen LogP contribution in [0.15, 0.2) is 78.4 Å². The molecule has 1 saturated heterocycles. The lowest BCUT2D eigenvalue weighted by atomic mass is 9.95. The first-order valence-electron chi connectivity index (χ1n) is 11.8. The highest BCUT2D eigenvalue weighted by atomic mass is 16.5. The van der Waals surface area contributed by atoms with E-state index in [2.05, 4.69) is 0 Å². The summed E-state index contributed by atoms with van der Waals surface area (Å²) in [4.78, 5) is 27.6. The lowest BCUT2D eigenvalue weighted by molar-refractivity contribution is -0.139. The summed E-state index contributed by atoms with van der Waals surface area (Å²) in [5.41, 5.74) is 2.07. The zero-order chi connectivity index (χ0) is 25.7. The fraction of sp³-hybridized carbons (Fsp3) is 0.241. The molecule has 4 rings (SSSR count). The molecule has 0 saturated carbocycles. The zero-order valence-corrected chi connectivity index (χ0v) is 20.6. The van der Waals surface area contributed by atoms with Gasteiger partial charge in [0.2, 0.25) is 0 Å². The molecule has 1 aliphatic rings. The number of aliphatic hydroxyl groups is 1. The second-order valence-electron chi connectivity index (χ2n) is 8.41. The Morgan fingerprint density at radius 2 is 1.69 bits per heavy atom. The van der Waals surface area contributed by atoms with Gasteiger partial charge in [-0.2, -0.15) is 0 Å². The van der Waals surface area contributed by atoms with Crippen LogP contribution in [0, 0.1) is 0 Å². The van der Waals surface area contributed by atoms with Gasteiger partial charge in [-0.25, -0.2) is 0 Å². The number of ketones is 1. The third-order valence-electron chi connectivity index (χ3n) is 6.09. The minimum Gasteiger partial charge on any atom is -0.507 e. The summed E-state index contributed by atoms with van der Waals surface area (Å²) in [5.74, 6) is -0.0942. The van der Waals surface area contributed by atoms with Crippen LogP contribution < -0.4 is 14.2 Å². The zero-order valence-electron chi connectivity index (χ0n) is 20.6. The van der Waals surface area contributed by atoms with E-state index in [9.17, 15) is 14.7 Å². The third kappa shape index (κ3) is 4.91. The number of amides is 1. The van der Waals surface area contributed by atoms with E-state index in [1.807, 2.05) is 37.3 Å². The Hall–Kier alpha value is -4.26. The van der Waals surface area contributed by atoms with Crippen molar-refractivity contribution in [2.45, 2.75) is 26.0 Å². The fourth-order valence-corrected chi connectivity index (χ4v) is 4.33. The van der Waals surface area contributed by atoms with Crippen molar-refractivity contribution in [3.8, 4) is 17.2 Å². The van der Waals surface area contributed by atoms with Crippen molar-refractivity contribution in [2.24, 2.45) is 0 Å². The van der Waals surface area contributed by atoms with Crippen molar-refractivity contribution in [3.05, 3.63) is 95.1 Å². The highest BCUT2D eigenvalue weighted by Gasteiger charge is 2.45. The standard InChI is InChI=1S/C29H29NO6/c1-4-15-30-26(25(28(32)29(30)33)27(31)21-11-8-12-22(16-21)34-2)20-13-14-23(24(17-20)35-3)36-18-19-9-6-5-7-10-19/h5-14,16-17,26,31H,4,15,18H2,1-3H3/b27-25-. The molecule has 0 aromatic heterocycles. The molecule has 0 bridgehead atoms. The summed E-state index contributed by atoms with van der Waals surface area (Å²) >= 11 is 0. The average Bonchev–Trinajstić information content (AvgIpc) is 3.17. The number of methoxy groups -OCH3 is 2. The lowest BCUT2D eigenvalue weighted by Gasteiger charge is -2.25. The molecule has 186 valence electrons. The van der Waals surface area contributed by atoms with E-state index in [1.54, 1.807) is 42.5 Å². The molecule has 7 heteroatoms. The smallest absolute Gasteiger partial charge is 0.295 e. The predicted molar refractivity (Wildman–Crippen MR) is 136 cm³/mol. The van der Waals surface area contributed by atoms with Crippen LogP contribution in [0.4, 0.5) is 0 Å². The number of carbonyl (C=O) groups excluding carboxylic acids is 2. The van der Waals surface area contributed by atoms with Gasteiger partial charge in [0.25, 0.3) is 11.7 Å². The predicted octanol–water partition coefficient (Wildman–Crippen LogP) is 5.11. The summed E-state index contributed by atoms with van der Waals surface area (Å²) in [6.07, 6.45) is 0.651. The van der Waals surface area contributed by atoms with Gasteiger partial charge in [0, 0.05) is 12.1 Å². The largest absolute Gasteiger partial charge is 0.507 e. The number of hydrogen-bond acceptors (Lipinski definition) is 6. The second-order valence-corrected chi connectivity index (χ2v) is 8.41. The molecule has 7 nitrogen and oxygen atoms in total. The van der Waals surface area contributed by atoms with Gasteiger partial charge in [0.05, 0.1) is 25.8 Å². The van der Waals surface area contributed by atoms with Gasteiger partial charge in [-0.05, 0) is 41.8 Å². The van der Waals surface area contributed by atoms with Crippen LogP contribution in [0.25, 0.3) is 5.76 Å². The van der Waals surface area contributed by atoms with E-state index in [0.29, 0.717) is 47.9 Å². The molecule has 1 fully saturated rings.